The van der Waals surface area contributed by atoms with Crippen molar-refractivity contribution in [1.29, 1.82) is 0 Å². The van der Waals surface area contributed by atoms with Crippen LogP contribution in [0.3, 0.4) is 0 Å². The molecule has 1 aliphatic heterocycles. The summed E-state index contributed by atoms with van der Waals surface area (Å²) in [7, 11) is 1.86. The number of nitrogens with zero attached hydrogens (tertiary/aromatic N) is 2. The Hall–Kier alpha value is -2.57. The van der Waals surface area contributed by atoms with Crippen LogP contribution in [0.15, 0.2) is 47.1 Å². The quantitative estimate of drug-likeness (QED) is 0.630. The largest absolute Gasteiger partial charge is 0.508 e. The molecule has 2 N–H and O–H groups in total. The van der Waals surface area contributed by atoms with E-state index in [0.29, 0.717) is 19.4 Å². The van der Waals surface area contributed by atoms with Gasteiger partial charge in [-0.3, -0.25) is 4.79 Å². The highest BCUT2D eigenvalue weighted by atomic mass is 16.3. The lowest BCUT2D eigenvalue weighted by molar-refractivity contribution is -0.144. The first-order valence-corrected chi connectivity index (χ1v) is 12.5. The van der Waals surface area contributed by atoms with Crippen molar-refractivity contribution in [3.05, 3.63) is 59.6 Å². The van der Waals surface area contributed by atoms with Crippen LogP contribution in [0.5, 0.6) is 5.75 Å². The maximum Gasteiger partial charge on any atom is 0.246 e. The minimum Gasteiger partial charge on any atom is -0.508 e. The molecule has 2 aromatic rings. The number of carbonyl (C=O) groups excluding carboxylic acids is 1. The molecule has 5 rings (SSSR count). The van der Waals surface area contributed by atoms with E-state index in [1.807, 2.05) is 43.1 Å². The van der Waals surface area contributed by atoms with Gasteiger partial charge in [-0.15, -0.1) is 0 Å². The molecule has 3 fully saturated rings. The van der Waals surface area contributed by atoms with Gasteiger partial charge in [0.05, 0.1) is 11.9 Å². The summed E-state index contributed by atoms with van der Waals surface area (Å²) in [5, 5.41) is 22.4. The number of benzene rings is 1. The van der Waals surface area contributed by atoms with Crippen LogP contribution in [0.1, 0.15) is 55.4 Å². The number of aromatic hydroxyl groups is 1. The number of fused-ring (bicyclic) bond motifs is 1. The molecule has 6 heteroatoms. The number of furan rings is 1. The van der Waals surface area contributed by atoms with Crippen molar-refractivity contribution in [2.24, 2.45) is 5.92 Å². The summed E-state index contributed by atoms with van der Waals surface area (Å²) in [5.74, 6) is 1.74. The Kier molecular flexibility index (Phi) is 6.07. The number of amides is 1. The van der Waals surface area contributed by atoms with E-state index < -0.39 is 11.0 Å². The van der Waals surface area contributed by atoms with E-state index in [0.717, 1.165) is 48.7 Å². The molecule has 0 spiro atoms. The highest BCUT2D eigenvalue weighted by molar-refractivity contribution is 5.92. The van der Waals surface area contributed by atoms with Gasteiger partial charge in [-0.05, 0) is 87.7 Å². The van der Waals surface area contributed by atoms with Crippen LogP contribution in [-0.4, -0.2) is 64.2 Å². The first kappa shape index (κ1) is 23.2. The van der Waals surface area contributed by atoms with Gasteiger partial charge in [-0.25, -0.2) is 0 Å². The molecule has 182 valence electrons. The monoisotopic (exact) mass is 464 g/mol. The Balaban J connectivity index is 1.39. The van der Waals surface area contributed by atoms with E-state index in [1.54, 1.807) is 24.5 Å². The maximum atomic E-state index is 13.1. The topological polar surface area (TPSA) is 77.2 Å². The van der Waals surface area contributed by atoms with Crippen LogP contribution < -0.4 is 0 Å². The molecule has 0 unspecified atom stereocenters. The van der Waals surface area contributed by atoms with Gasteiger partial charge in [0, 0.05) is 43.2 Å². The van der Waals surface area contributed by atoms with Crippen LogP contribution in [0, 0.1) is 12.8 Å². The number of aryl methyl sites for hydroxylation is 1. The molecule has 1 aromatic carbocycles. The summed E-state index contributed by atoms with van der Waals surface area (Å²) in [5.41, 5.74) is 0.516. The highest BCUT2D eigenvalue weighted by Crippen LogP contribution is 2.53. The Morgan fingerprint density at radius 1 is 1.26 bits per heavy atom. The second kappa shape index (κ2) is 8.90. The third-order valence-electron chi connectivity index (χ3n) is 8.52. The van der Waals surface area contributed by atoms with Gasteiger partial charge in [0.15, 0.2) is 0 Å². The Morgan fingerprint density at radius 3 is 2.79 bits per heavy atom. The van der Waals surface area contributed by atoms with E-state index >= 15 is 0 Å². The number of carbonyl (C=O) groups is 1. The van der Waals surface area contributed by atoms with E-state index in [4.69, 9.17) is 4.42 Å². The smallest absolute Gasteiger partial charge is 0.246 e. The lowest BCUT2D eigenvalue weighted by atomic mass is 9.55. The fourth-order valence-electron chi connectivity index (χ4n) is 6.21. The number of hydrogen-bond donors (Lipinski definition) is 2. The van der Waals surface area contributed by atoms with Crippen molar-refractivity contribution in [2.45, 2.75) is 62.5 Å². The van der Waals surface area contributed by atoms with Gasteiger partial charge >= 0.3 is 0 Å². The predicted molar refractivity (Wildman–Crippen MR) is 131 cm³/mol. The molecule has 1 saturated heterocycles. The van der Waals surface area contributed by atoms with Crippen molar-refractivity contribution >= 4 is 12.0 Å². The number of rotatable bonds is 6. The van der Waals surface area contributed by atoms with Gasteiger partial charge in [0.1, 0.15) is 11.5 Å². The second-order valence-electron chi connectivity index (χ2n) is 10.7. The minimum absolute atomic E-state index is 0.0141. The van der Waals surface area contributed by atoms with Crippen LogP contribution in [0.2, 0.25) is 0 Å². The molecular formula is C28H36N2O4. The molecule has 6 nitrogen and oxygen atoms in total. The molecule has 2 saturated carbocycles. The van der Waals surface area contributed by atoms with Crippen LogP contribution >= 0.6 is 0 Å². The molecule has 1 aromatic heterocycles. The van der Waals surface area contributed by atoms with E-state index in [-0.39, 0.29) is 17.7 Å². The molecule has 2 heterocycles. The third kappa shape index (κ3) is 4.29. The molecular weight excluding hydrogens is 428 g/mol. The Morgan fingerprint density at radius 2 is 2.09 bits per heavy atom. The third-order valence-corrected chi connectivity index (χ3v) is 8.52. The fraction of sp³-hybridized carbons (Fsp3) is 0.536. The summed E-state index contributed by atoms with van der Waals surface area (Å²) >= 11 is 0. The van der Waals surface area contributed by atoms with E-state index in [2.05, 4.69) is 4.90 Å². The minimum atomic E-state index is -0.877. The summed E-state index contributed by atoms with van der Waals surface area (Å²) in [4.78, 5) is 17.3. The lowest BCUT2D eigenvalue weighted by Gasteiger charge is -2.59. The zero-order valence-corrected chi connectivity index (χ0v) is 20.2. The van der Waals surface area contributed by atoms with Gasteiger partial charge < -0.3 is 24.4 Å². The second-order valence-corrected chi connectivity index (χ2v) is 10.7. The average molecular weight is 465 g/mol. The van der Waals surface area contributed by atoms with Crippen molar-refractivity contribution in [3.8, 4) is 5.75 Å². The van der Waals surface area contributed by atoms with Crippen LogP contribution in [-0.2, 0) is 10.2 Å². The van der Waals surface area contributed by atoms with Gasteiger partial charge in [-0.2, -0.15) is 0 Å². The Labute approximate surface area is 201 Å². The van der Waals surface area contributed by atoms with Crippen molar-refractivity contribution in [3.63, 3.8) is 0 Å². The molecule has 1 amide bonds. The summed E-state index contributed by atoms with van der Waals surface area (Å²) in [6.07, 6.45) is 10.5. The number of likely N-dealkylation sites (N-methyl/N-ethyl adjacent to an activating group) is 1. The number of phenols is 1. The predicted octanol–water partition coefficient (Wildman–Crippen LogP) is 4.10. The summed E-state index contributed by atoms with van der Waals surface area (Å²) in [6.45, 7) is 4.53. The first-order chi connectivity index (χ1) is 16.3. The molecule has 34 heavy (non-hydrogen) atoms. The van der Waals surface area contributed by atoms with Crippen LogP contribution in [0.25, 0.3) is 6.08 Å². The zero-order chi connectivity index (χ0) is 23.9. The summed E-state index contributed by atoms with van der Waals surface area (Å²) in [6, 6.07) is 9.26. The Bertz CT molecular complexity index is 1070. The molecule has 2 aliphatic carbocycles. The molecule has 3 aliphatic rings. The first-order valence-electron chi connectivity index (χ1n) is 12.5. The zero-order valence-electron chi connectivity index (χ0n) is 20.2. The summed E-state index contributed by atoms with van der Waals surface area (Å²) < 4.78 is 5.32. The fourth-order valence-corrected chi connectivity index (χ4v) is 6.21. The highest BCUT2D eigenvalue weighted by Gasteiger charge is 2.58. The number of aliphatic hydroxyl groups is 1. The van der Waals surface area contributed by atoms with Gasteiger partial charge in [-0.1, -0.05) is 12.1 Å². The maximum absolute atomic E-state index is 13.1. The lowest BCUT2D eigenvalue weighted by Crippen LogP contribution is -2.67. The van der Waals surface area contributed by atoms with Gasteiger partial charge in [0.2, 0.25) is 5.91 Å². The normalized spacial score (nSPS) is 29.8. The number of β-amino-alcohol motifs (C(OH)–C–C–N with tert-alkyl or cyclic N) is 1. The van der Waals surface area contributed by atoms with Crippen molar-refractivity contribution in [1.82, 2.24) is 9.80 Å². The molecule has 0 radical (unpaired) electrons. The number of hydrogen-bond acceptors (Lipinski definition) is 5. The average Bonchev–Trinajstić information content (AvgIpc) is 3.54. The molecule has 0 bridgehead atoms. The van der Waals surface area contributed by atoms with Crippen molar-refractivity contribution in [2.75, 3.05) is 26.7 Å². The van der Waals surface area contributed by atoms with Crippen LogP contribution in [0.4, 0.5) is 0 Å². The van der Waals surface area contributed by atoms with E-state index in [9.17, 15) is 15.0 Å². The number of likely N-dealkylation sites (tertiary alicyclic amines) is 1. The van der Waals surface area contributed by atoms with E-state index in [1.165, 1.54) is 12.8 Å². The number of piperidine rings is 1. The number of phenolic OH excluding ortho intramolecular Hbond substituents is 1. The molecule has 3 atom stereocenters. The SMILES string of the molecule is Cc1occc1/C=C/C(=O)N(C)[C@@H]1CC[C@]2(O)CN(CC3CC3)CC[C@@]2(c2cccc(O)c2)C1. The standard InChI is InChI=1S/C28H36N2O4/c1-20-22(11-15-34-20)8-9-26(32)29(2)24-10-12-28(33)19-30(18-21-6-7-21)14-13-27(28,17-24)23-4-3-5-25(31)16-23/h3-5,8-9,11,15-16,21,24,31,33H,6-7,10,12-14,17-19H2,1-2H3/b9-8+/t24-,27+,28+/m1/s1. The van der Waals surface area contributed by atoms with Crippen molar-refractivity contribution < 1.29 is 19.4 Å². The van der Waals surface area contributed by atoms with Gasteiger partial charge in [0.25, 0.3) is 0 Å².